The molecule has 0 bridgehead atoms. The van der Waals surface area contributed by atoms with Crippen molar-refractivity contribution in [3.63, 3.8) is 0 Å². The molecule has 1 unspecified atom stereocenters. The minimum atomic E-state index is -0.934. The van der Waals surface area contributed by atoms with E-state index in [1.807, 2.05) is 0 Å². The molecule has 2 aromatic rings. The largest absolute Gasteiger partial charge is 0.380 e. The summed E-state index contributed by atoms with van der Waals surface area (Å²) in [6.07, 6.45) is 1.12. The molecule has 4 rings (SSSR count). The fourth-order valence-corrected chi connectivity index (χ4v) is 3.32. The maximum atomic E-state index is 13.5. The van der Waals surface area contributed by atoms with Crippen LogP contribution in [-0.2, 0) is 16.0 Å². The molecular weight excluding hydrogens is 358 g/mol. The Balaban J connectivity index is 1.44. The quantitative estimate of drug-likeness (QED) is 0.812. The standard InChI is InChI=1S/C18H20F2N4O3/c1-18(10-26-11-18)9-24-7-15(21-22-24)17(25)23-4-5-27-16(8-23)12-2-3-13(19)14(20)6-12/h2-3,6-7,16H,4-5,8-11H2,1H3. The van der Waals surface area contributed by atoms with Crippen LogP contribution in [0.5, 0.6) is 0 Å². The lowest BCUT2D eigenvalue weighted by molar-refractivity contribution is -0.111. The van der Waals surface area contributed by atoms with E-state index in [4.69, 9.17) is 9.47 Å². The van der Waals surface area contributed by atoms with Gasteiger partial charge in [-0.15, -0.1) is 5.10 Å². The molecule has 1 aromatic carbocycles. The number of amides is 1. The van der Waals surface area contributed by atoms with Gasteiger partial charge in [-0.05, 0) is 17.7 Å². The highest BCUT2D eigenvalue weighted by molar-refractivity contribution is 5.92. The van der Waals surface area contributed by atoms with Crippen molar-refractivity contribution in [2.24, 2.45) is 5.41 Å². The first-order valence-corrected chi connectivity index (χ1v) is 8.77. The summed E-state index contributed by atoms with van der Waals surface area (Å²) in [5.41, 5.74) is 0.766. The van der Waals surface area contributed by atoms with Gasteiger partial charge in [-0.1, -0.05) is 18.2 Å². The first kappa shape index (κ1) is 18.0. The minimum absolute atomic E-state index is 0.0186. The number of carbonyl (C=O) groups excluding carboxylic acids is 1. The van der Waals surface area contributed by atoms with E-state index in [1.54, 1.807) is 15.8 Å². The summed E-state index contributed by atoms with van der Waals surface area (Å²) in [5, 5.41) is 8.03. The number of carbonyl (C=O) groups is 1. The average molecular weight is 378 g/mol. The Bertz CT molecular complexity index is 853. The highest BCUT2D eigenvalue weighted by Crippen LogP contribution is 2.28. The minimum Gasteiger partial charge on any atom is -0.380 e. The summed E-state index contributed by atoms with van der Waals surface area (Å²) >= 11 is 0. The van der Waals surface area contributed by atoms with Gasteiger partial charge in [0.2, 0.25) is 0 Å². The number of morpholine rings is 1. The zero-order valence-electron chi connectivity index (χ0n) is 14.9. The molecule has 1 aromatic heterocycles. The molecule has 0 N–H and O–H groups in total. The summed E-state index contributed by atoms with van der Waals surface area (Å²) in [6.45, 7) is 4.99. The van der Waals surface area contributed by atoms with Crippen molar-refractivity contribution in [1.29, 1.82) is 0 Å². The van der Waals surface area contributed by atoms with E-state index in [9.17, 15) is 13.6 Å². The van der Waals surface area contributed by atoms with Crippen molar-refractivity contribution >= 4 is 5.91 Å². The van der Waals surface area contributed by atoms with Crippen LogP contribution in [0.25, 0.3) is 0 Å². The molecule has 3 heterocycles. The topological polar surface area (TPSA) is 69.5 Å². The predicted molar refractivity (Wildman–Crippen MR) is 89.9 cm³/mol. The molecule has 0 aliphatic carbocycles. The second-order valence-corrected chi connectivity index (χ2v) is 7.39. The van der Waals surface area contributed by atoms with E-state index in [0.29, 0.717) is 38.5 Å². The summed E-state index contributed by atoms with van der Waals surface area (Å²) in [4.78, 5) is 14.4. The van der Waals surface area contributed by atoms with Gasteiger partial charge in [0.25, 0.3) is 5.91 Å². The summed E-state index contributed by atoms with van der Waals surface area (Å²) in [7, 11) is 0. The summed E-state index contributed by atoms with van der Waals surface area (Å²) in [6, 6.07) is 3.63. The Labute approximate surface area is 154 Å². The number of rotatable bonds is 4. The molecule has 27 heavy (non-hydrogen) atoms. The molecule has 1 amide bonds. The molecule has 7 nitrogen and oxygen atoms in total. The monoisotopic (exact) mass is 378 g/mol. The molecule has 144 valence electrons. The number of hydrogen-bond donors (Lipinski definition) is 0. The molecule has 2 aliphatic rings. The van der Waals surface area contributed by atoms with Gasteiger partial charge >= 0.3 is 0 Å². The van der Waals surface area contributed by atoms with Crippen LogP contribution in [-0.4, -0.2) is 58.7 Å². The lowest BCUT2D eigenvalue weighted by atomic mass is 9.89. The Morgan fingerprint density at radius 2 is 2.15 bits per heavy atom. The van der Waals surface area contributed by atoms with E-state index in [2.05, 4.69) is 17.2 Å². The summed E-state index contributed by atoms with van der Waals surface area (Å²) < 4.78 is 39.1. The maximum Gasteiger partial charge on any atom is 0.276 e. The van der Waals surface area contributed by atoms with Crippen molar-refractivity contribution in [2.75, 3.05) is 32.9 Å². The zero-order chi connectivity index (χ0) is 19.0. The third-order valence-electron chi connectivity index (χ3n) is 4.87. The Hall–Kier alpha value is -2.39. The normalized spacial score (nSPS) is 21.7. The van der Waals surface area contributed by atoms with Crippen LogP contribution in [0.1, 0.15) is 29.1 Å². The number of nitrogens with zero attached hydrogens (tertiary/aromatic N) is 4. The van der Waals surface area contributed by atoms with Crippen LogP contribution in [0, 0.1) is 17.0 Å². The van der Waals surface area contributed by atoms with Gasteiger partial charge in [0.15, 0.2) is 17.3 Å². The Kier molecular flexibility index (Phi) is 4.65. The second kappa shape index (κ2) is 6.97. The number of halogens is 2. The molecule has 0 saturated carbocycles. The highest BCUT2D eigenvalue weighted by atomic mass is 19.2. The van der Waals surface area contributed by atoms with Crippen molar-refractivity contribution in [3.05, 3.63) is 47.3 Å². The van der Waals surface area contributed by atoms with Crippen LogP contribution < -0.4 is 0 Å². The molecule has 2 fully saturated rings. The van der Waals surface area contributed by atoms with E-state index in [0.717, 1.165) is 12.1 Å². The van der Waals surface area contributed by atoms with E-state index in [1.165, 1.54) is 6.07 Å². The zero-order valence-corrected chi connectivity index (χ0v) is 14.9. The van der Waals surface area contributed by atoms with Gasteiger partial charge in [0.05, 0.1) is 39.1 Å². The fraction of sp³-hybridized carbons (Fsp3) is 0.500. The molecule has 1 atom stereocenters. The maximum absolute atomic E-state index is 13.5. The van der Waals surface area contributed by atoms with Gasteiger partial charge in [-0.3, -0.25) is 9.48 Å². The lowest BCUT2D eigenvalue weighted by Crippen LogP contribution is -2.43. The smallest absolute Gasteiger partial charge is 0.276 e. The first-order chi connectivity index (χ1) is 12.9. The molecule has 2 saturated heterocycles. The molecule has 9 heteroatoms. The van der Waals surface area contributed by atoms with Crippen molar-refractivity contribution in [3.8, 4) is 0 Å². The number of benzene rings is 1. The van der Waals surface area contributed by atoms with Crippen LogP contribution in [0.4, 0.5) is 8.78 Å². The Morgan fingerprint density at radius 1 is 1.33 bits per heavy atom. The van der Waals surface area contributed by atoms with Gasteiger partial charge < -0.3 is 14.4 Å². The van der Waals surface area contributed by atoms with E-state index < -0.39 is 17.7 Å². The van der Waals surface area contributed by atoms with Gasteiger partial charge in [-0.2, -0.15) is 0 Å². The summed E-state index contributed by atoms with van der Waals surface area (Å²) in [5.74, 6) is -2.10. The SMILES string of the molecule is CC1(Cn2cc(C(=O)N3CCOC(c4ccc(F)c(F)c4)C3)nn2)COC1. The van der Waals surface area contributed by atoms with Crippen molar-refractivity contribution < 1.29 is 23.0 Å². The van der Waals surface area contributed by atoms with Gasteiger partial charge in [0, 0.05) is 12.0 Å². The van der Waals surface area contributed by atoms with Gasteiger partial charge in [0.1, 0.15) is 6.10 Å². The van der Waals surface area contributed by atoms with E-state index >= 15 is 0 Å². The third-order valence-corrected chi connectivity index (χ3v) is 4.87. The fourth-order valence-electron chi connectivity index (χ4n) is 3.32. The predicted octanol–water partition coefficient (Wildman–Crippen LogP) is 1.81. The molecule has 0 radical (unpaired) electrons. The number of aromatic nitrogens is 3. The van der Waals surface area contributed by atoms with Crippen molar-refractivity contribution in [1.82, 2.24) is 19.9 Å². The Morgan fingerprint density at radius 3 is 2.85 bits per heavy atom. The second-order valence-electron chi connectivity index (χ2n) is 7.39. The highest BCUT2D eigenvalue weighted by Gasteiger charge is 2.35. The average Bonchev–Trinajstić information content (AvgIpc) is 3.10. The van der Waals surface area contributed by atoms with Gasteiger partial charge in [-0.25, -0.2) is 8.78 Å². The molecule has 2 aliphatic heterocycles. The van der Waals surface area contributed by atoms with Crippen LogP contribution in [0.2, 0.25) is 0 Å². The van der Waals surface area contributed by atoms with Crippen LogP contribution >= 0.6 is 0 Å². The van der Waals surface area contributed by atoms with Crippen LogP contribution in [0.15, 0.2) is 24.4 Å². The third kappa shape index (κ3) is 3.70. The molecular formula is C18H20F2N4O3. The number of ether oxygens (including phenoxy) is 2. The van der Waals surface area contributed by atoms with Crippen LogP contribution in [0.3, 0.4) is 0 Å². The van der Waals surface area contributed by atoms with Crippen molar-refractivity contribution in [2.45, 2.75) is 19.6 Å². The van der Waals surface area contributed by atoms with E-state index in [-0.39, 0.29) is 23.6 Å². The first-order valence-electron chi connectivity index (χ1n) is 8.77. The molecule has 0 spiro atoms. The number of hydrogen-bond acceptors (Lipinski definition) is 5. The lowest BCUT2D eigenvalue weighted by Gasteiger charge is -2.37.